The molecule has 1 atom stereocenters. The SMILES string of the molecule is CSC1(Cn2ccc3c2CCCC3N)CCC1. The van der Waals surface area contributed by atoms with Crippen molar-refractivity contribution in [1.29, 1.82) is 0 Å². The van der Waals surface area contributed by atoms with Crippen molar-refractivity contribution < 1.29 is 0 Å². The summed E-state index contributed by atoms with van der Waals surface area (Å²) in [6.07, 6.45) is 12.3. The molecule has 3 rings (SSSR count). The molecule has 3 heteroatoms. The number of hydrogen-bond acceptors (Lipinski definition) is 2. The quantitative estimate of drug-likeness (QED) is 0.893. The second-order valence-corrected chi connectivity index (χ2v) is 6.86. The van der Waals surface area contributed by atoms with E-state index in [9.17, 15) is 0 Å². The third-order valence-electron chi connectivity index (χ3n) is 4.60. The molecule has 1 aromatic heterocycles. The van der Waals surface area contributed by atoms with Gasteiger partial charge in [-0.15, -0.1) is 0 Å². The Morgan fingerprint density at radius 2 is 2.29 bits per heavy atom. The number of thioether (sulfide) groups is 1. The van der Waals surface area contributed by atoms with E-state index in [4.69, 9.17) is 5.73 Å². The molecule has 1 saturated carbocycles. The first kappa shape index (κ1) is 11.7. The third-order valence-corrected chi connectivity index (χ3v) is 6.00. The average molecular weight is 250 g/mol. The number of rotatable bonds is 3. The van der Waals surface area contributed by atoms with Crippen LogP contribution in [0.4, 0.5) is 0 Å². The van der Waals surface area contributed by atoms with Crippen LogP contribution in [0.5, 0.6) is 0 Å². The van der Waals surface area contributed by atoms with Gasteiger partial charge in [-0.3, -0.25) is 0 Å². The first-order chi connectivity index (χ1) is 8.24. The van der Waals surface area contributed by atoms with Crippen molar-refractivity contribution in [3.8, 4) is 0 Å². The maximum Gasteiger partial charge on any atom is 0.0369 e. The molecule has 2 aliphatic rings. The molecule has 94 valence electrons. The van der Waals surface area contributed by atoms with E-state index >= 15 is 0 Å². The first-order valence-electron chi connectivity index (χ1n) is 6.73. The standard InChI is InChI=1S/C14H22N2S/c1-17-14(7-3-8-14)10-16-9-6-11-12(15)4-2-5-13(11)16/h6,9,12H,2-5,7-8,10,15H2,1H3. The lowest BCUT2D eigenvalue weighted by Crippen LogP contribution is -2.38. The Morgan fingerprint density at radius 1 is 1.47 bits per heavy atom. The summed E-state index contributed by atoms with van der Waals surface area (Å²) in [5.74, 6) is 0. The highest BCUT2D eigenvalue weighted by Crippen LogP contribution is 2.44. The van der Waals surface area contributed by atoms with Gasteiger partial charge >= 0.3 is 0 Å². The Hall–Kier alpha value is -0.410. The minimum absolute atomic E-state index is 0.284. The molecule has 2 nitrogen and oxygen atoms in total. The van der Waals surface area contributed by atoms with Crippen molar-refractivity contribution >= 4 is 11.8 Å². The second kappa shape index (κ2) is 4.36. The number of nitrogens with zero attached hydrogens (tertiary/aromatic N) is 1. The summed E-state index contributed by atoms with van der Waals surface area (Å²) in [5, 5.41) is 0. The minimum atomic E-state index is 0.284. The van der Waals surface area contributed by atoms with E-state index in [1.807, 2.05) is 0 Å². The molecule has 0 aromatic carbocycles. The van der Waals surface area contributed by atoms with Gasteiger partial charge in [-0.2, -0.15) is 11.8 Å². The van der Waals surface area contributed by atoms with Crippen LogP contribution in [-0.4, -0.2) is 15.6 Å². The van der Waals surface area contributed by atoms with Gasteiger partial charge in [0.25, 0.3) is 0 Å². The molecular weight excluding hydrogens is 228 g/mol. The molecule has 0 radical (unpaired) electrons. The molecule has 1 fully saturated rings. The fourth-order valence-corrected chi connectivity index (χ4v) is 4.21. The van der Waals surface area contributed by atoms with E-state index in [-0.39, 0.29) is 6.04 Å². The molecular formula is C14H22N2S. The summed E-state index contributed by atoms with van der Waals surface area (Å²) < 4.78 is 3.01. The van der Waals surface area contributed by atoms with Crippen molar-refractivity contribution in [2.45, 2.75) is 55.9 Å². The van der Waals surface area contributed by atoms with Gasteiger partial charge < -0.3 is 10.3 Å². The second-order valence-electron chi connectivity index (χ2n) is 5.59. The Balaban J connectivity index is 1.84. The van der Waals surface area contributed by atoms with Gasteiger partial charge in [0.15, 0.2) is 0 Å². The van der Waals surface area contributed by atoms with E-state index in [0.717, 1.165) is 6.42 Å². The molecule has 0 aliphatic heterocycles. The van der Waals surface area contributed by atoms with Gasteiger partial charge in [-0.25, -0.2) is 0 Å². The Kier molecular flexibility index (Phi) is 2.99. The van der Waals surface area contributed by atoms with E-state index in [1.54, 1.807) is 0 Å². The van der Waals surface area contributed by atoms with Crippen molar-refractivity contribution in [3.05, 3.63) is 23.5 Å². The van der Waals surface area contributed by atoms with Crippen LogP contribution in [0.3, 0.4) is 0 Å². The van der Waals surface area contributed by atoms with Crippen LogP contribution < -0.4 is 5.73 Å². The molecule has 0 saturated heterocycles. The van der Waals surface area contributed by atoms with Crippen LogP contribution in [0.2, 0.25) is 0 Å². The van der Waals surface area contributed by atoms with Gasteiger partial charge in [0.05, 0.1) is 0 Å². The van der Waals surface area contributed by atoms with E-state index in [1.165, 1.54) is 49.9 Å². The highest BCUT2D eigenvalue weighted by atomic mass is 32.2. The summed E-state index contributed by atoms with van der Waals surface area (Å²) in [6.45, 7) is 1.19. The Bertz CT molecular complexity index is 401. The zero-order valence-electron chi connectivity index (χ0n) is 10.6. The van der Waals surface area contributed by atoms with Crippen LogP contribution in [-0.2, 0) is 13.0 Å². The topological polar surface area (TPSA) is 30.9 Å². The summed E-state index contributed by atoms with van der Waals surface area (Å²) in [5.41, 5.74) is 9.11. The zero-order valence-corrected chi connectivity index (χ0v) is 11.4. The summed E-state index contributed by atoms with van der Waals surface area (Å²) in [6, 6.07) is 2.54. The van der Waals surface area contributed by atoms with Crippen molar-refractivity contribution in [1.82, 2.24) is 4.57 Å². The molecule has 0 spiro atoms. The van der Waals surface area contributed by atoms with E-state index < -0.39 is 0 Å². The van der Waals surface area contributed by atoms with Crippen molar-refractivity contribution in [3.63, 3.8) is 0 Å². The predicted molar refractivity (Wildman–Crippen MR) is 74.4 cm³/mol. The van der Waals surface area contributed by atoms with Crippen molar-refractivity contribution in [2.24, 2.45) is 5.73 Å². The lowest BCUT2D eigenvalue weighted by Gasteiger charge is -2.41. The number of fused-ring (bicyclic) bond motifs is 1. The van der Waals surface area contributed by atoms with Gasteiger partial charge in [0.2, 0.25) is 0 Å². The monoisotopic (exact) mass is 250 g/mol. The highest BCUT2D eigenvalue weighted by Gasteiger charge is 2.37. The van der Waals surface area contributed by atoms with Crippen LogP contribution in [0.15, 0.2) is 12.3 Å². The zero-order chi connectivity index (χ0) is 11.9. The third kappa shape index (κ3) is 1.93. The highest BCUT2D eigenvalue weighted by molar-refractivity contribution is 8.00. The molecule has 2 N–H and O–H groups in total. The van der Waals surface area contributed by atoms with Crippen LogP contribution in [0.25, 0.3) is 0 Å². The fourth-order valence-electron chi connectivity index (χ4n) is 3.25. The lowest BCUT2D eigenvalue weighted by molar-refractivity contribution is 0.317. The predicted octanol–water partition coefficient (Wildman–Crippen LogP) is 3.11. The van der Waals surface area contributed by atoms with E-state index in [2.05, 4.69) is 34.8 Å². The van der Waals surface area contributed by atoms with Gasteiger partial charge in [-0.05, 0) is 50.0 Å². The lowest BCUT2D eigenvalue weighted by atomic mass is 9.84. The smallest absolute Gasteiger partial charge is 0.0369 e. The van der Waals surface area contributed by atoms with Gasteiger partial charge in [0, 0.05) is 29.2 Å². The Morgan fingerprint density at radius 3 is 2.94 bits per heavy atom. The molecule has 2 aliphatic carbocycles. The van der Waals surface area contributed by atoms with Crippen LogP contribution >= 0.6 is 11.8 Å². The van der Waals surface area contributed by atoms with Crippen molar-refractivity contribution in [2.75, 3.05) is 6.26 Å². The summed E-state index contributed by atoms with van der Waals surface area (Å²) >= 11 is 2.06. The normalized spacial score (nSPS) is 26.4. The molecule has 0 bridgehead atoms. The minimum Gasteiger partial charge on any atom is -0.350 e. The summed E-state index contributed by atoms with van der Waals surface area (Å²) in [7, 11) is 0. The molecule has 17 heavy (non-hydrogen) atoms. The van der Waals surface area contributed by atoms with Crippen LogP contribution in [0, 0.1) is 0 Å². The Labute approximate surface area is 108 Å². The summed E-state index contributed by atoms with van der Waals surface area (Å²) in [4.78, 5) is 0. The fraction of sp³-hybridized carbons (Fsp3) is 0.714. The largest absolute Gasteiger partial charge is 0.350 e. The number of hydrogen-bond donors (Lipinski definition) is 1. The van der Waals surface area contributed by atoms with Gasteiger partial charge in [-0.1, -0.05) is 6.42 Å². The maximum atomic E-state index is 6.18. The van der Waals surface area contributed by atoms with Crippen LogP contribution in [0.1, 0.15) is 49.4 Å². The number of nitrogens with two attached hydrogens (primary N) is 1. The first-order valence-corrected chi connectivity index (χ1v) is 7.95. The van der Waals surface area contributed by atoms with Gasteiger partial charge in [0.1, 0.15) is 0 Å². The molecule has 1 aromatic rings. The molecule has 1 unspecified atom stereocenters. The molecule has 0 amide bonds. The number of aromatic nitrogens is 1. The maximum absolute atomic E-state index is 6.18. The van der Waals surface area contributed by atoms with E-state index in [0.29, 0.717) is 4.75 Å². The molecule has 1 heterocycles. The average Bonchev–Trinajstić information content (AvgIpc) is 2.68.